The van der Waals surface area contributed by atoms with E-state index < -0.39 is 6.10 Å². The van der Waals surface area contributed by atoms with Crippen LogP contribution in [0, 0.1) is 11.3 Å². The third kappa shape index (κ3) is 6.57. The Morgan fingerprint density at radius 1 is 1.07 bits per heavy atom. The van der Waals surface area contributed by atoms with Gasteiger partial charge in [-0.3, -0.25) is 4.90 Å². The summed E-state index contributed by atoms with van der Waals surface area (Å²) < 4.78 is 11.4. The van der Waals surface area contributed by atoms with Gasteiger partial charge in [-0.2, -0.15) is 5.26 Å². The lowest BCUT2D eigenvalue weighted by Gasteiger charge is -2.35. The van der Waals surface area contributed by atoms with Crippen molar-refractivity contribution in [2.75, 3.05) is 13.1 Å². The van der Waals surface area contributed by atoms with E-state index in [4.69, 9.17) is 14.7 Å². The SMILES string of the molecule is CC(C#N)Oc1ccc(CNCc2ccccc2CN2CC(C)OC(C)C2)cc1. The molecule has 0 aliphatic carbocycles. The van der Waals surface area contributed by atoms with E-state index in [1.54, 1.807) is 6.92 Å². The van der Waals surface area contributed by atoms with Crippen LogP contribution in [0.25, 0.3) is 0 Å². The number of ether oxygens (including phenoxy) is 2. The van der Waals surface area contributed by atoms with Crippen LogP contribution in [0.2, 0.25) is 0 Å². The molecule has 29 heavy (non-hydrogen) atoms. The first-order valence-electron chi connectivity index (χ1n) is 10.3. The van der Waals surface area contributed by atoms with Gasteiger partial charge in [0.2, 0.25) is 0 Å². The van der Waals surface area contributed by atoms with E-state index in [-0.39, 0.29) is 12.2 Å². The number of hydrogen-bond donors (Lipinski definition) is 1. The lowest BCUT2D eigenvalue weighted by atomic mass is 10.1. The number of benzene rings is 2. The van der Waals surface area contributed by atoms with Gasteiger partial charge in [-0.15, -0.1) is 0 Å². The summed E-state index contributed by atoms with van der Waals surface area (Å²) in [5.74, 6) is 0.724. The fourth-order valence-electron chi connectivity index (χ4n) is 3.80. The van der Waals surface area contributed by atoms with E-state index in [1.807, 2.05) is 24.3 Å². The van der Waals surface area contributed by atoms with Gasteiger partial charge in [-0.05, 0) is 49.6 Å². The van der Waals surface area contributed by atoms with Gasteiger partial charge in [0, 0.05) is 32.7 Å². The maximum atomic E-state index is 8.83. The molecule has 5 heteroatoms. The van der Waals surface area contributed by atoms with Crippen LogP contribution in [-0.4, -0.2) is 36.3 Å². The Kier molecular flexibility index (Phi) is 7.65. The summed E-state index contributed by atoms with van der Waals surface area (Å²) in [6.07, 6.45) is 0.132. The largest absolute Gasteiger partial charge is 0.476 e. The summed E-state index contributed by atoms with van der Waals surface area (Å²) in [7, 11) is 0. The van der Waals surface area contributed by atoms with Crippen molar-refractivity contribution in [3.8, 4) is 11.8 Å². The van der Waals surface area contributed by atoms with Crippen molar-refractivity contribution in [1.29, 1.82) is 5.26 Å². The molecule has 1 saturated heterocycles. The highest BCUT2D eigenvalue weighted by Crippen LogP contribution is 2.18. The lowest BCUT2D eigenvalue weighted by molar-refractivity contribution is -0.0705. The molecule has 2 aromatic carbocycles. The summed E-state index contributed by atoms with van der Waals surface area (Å²) in [4.78, 5) is 2.48. The minimum absolute atomic E-state index is 0.284. The maximum Gasteiger partial charge on any atom is 0.181 e. The van der Waals surface area contributed by atoms with E-state index in [1.165, 1.54) is 16.7 Å². The first kappa shape index (κ1) is 21.3. The van der Waals surface area contributed by atoms with Gasteiger partial charge < -0.3 is 14.8 Å². The maximum absolute atomic E-state index is 8.83. The molecule has 1 fully saturated rings. The number of nitrogens with zero attached hydrogens (tertiary/aromatic N) is 2. The minimum Gasteiger partial charge on any atom is -0.476 e. The highest BCUT2D eigenvalue weighted by Gasteiger charge is 2.22. The van der Waals surface area contributed by atoms with E-state index in [0.29, 0.717) is 0 Å². The fraction of sp³-hybridized carbons (Fsp3) is 0.458. The van der Waals surface area contributed by atoms with Crippen LogP contribution in [0.15, 0.2) is 48.5 Å². The van der Waals surface area contributed by atoms with E-state index in [0.717, 1.165) is 38.5 Å². The Hall–Kier alpha value is -2.39. The Morgan fingerprint density at radius 2 is 1.72 bits per heavy atom. The minimum atomic E-state index is -0.437. The quantitative estimate of drug-likeness (QED) is 0.738. The van der Waals surface area contributed by atoms with Crippen LogP contribution in [0.5, 0.6) is 5.75 Å². The van der Waals surface area contributed by atoms with E-state index >= 15 is 0 Å². The molecule has 3 unspecified atom stereocenters. The zero-order chi connectivity index (χ0) is 20.6. The normalized spacial score (nSPS) is 20.8. The van der Waals surface area contributed by atoms with Crippen LogP contribution < -0.4 is 10.1 Å². The smallest absolute Gasteiger partial charge is 0.181 e. The number of rotatable bonds is 8. The molecule has 154 valence electrons. The van der Waals surface area contributed by atoms with Gasteiger partial charge in [0.25, 0.3) is 0 Å². The van der Waals surface area contributed by atoms with Crippen molar-refractivity contribution < 1.29 is 9.47 Å². The molecular formula is C24H31N3O2. The molecule has 3 atom stereocenters. The molecule has 5 nitrogen and oxygen atoms in total. The first-order chi connectivity index (χ1) is 14.0. The number of nitrogens with one attached hydrogen (secondary N) is 1. The Morgan fingerprint density at radius 3 is 2.38 bits per heavy atom. The van der Waals surface area contributed by atoms with Crippen LogP contribution in [-0.2, 0) is 24.4 Å². The van der Waals surface area contributed by atoms with E-state index in [2.05, 4.69) is 54.4 Å². The fourth-order valence-corrected chi connectivity index (χ4v) is 3.80. The van der Waals surface area contributed by atoms with Crippen LogP contribution >= 0.6 is 0 Å². The van der Waals surface area contributed by atoms with Gasteiger partial charge in [0.05, 0.1) is 12.2 Å². The zero-order valence-corrected chi connectivity index (χ0v) is 17.6. The average molecular weight is 394 g/mol. The second kappa shape index (κ2) is 10.4. The molecule has 0 saturated carbocycles. The molecule has 0 radical (unpaired) electrons. The van der Waals surface area contributed by atoms with Crippen LogP contribution in [0.4, 0.5) is 0 Å². The summed E-state index contributed by atoms with van der Waals surface area (Å²) >= 11 is 0. The second-order valence-corrected chi connectivity index (χ2v) is 7.86. The average Bonchev–Trinajstić information content (AvgIpc) is 2.70. The molecule has 0 aromatic heterocycles. The summed E-state index contributed by atoms with van der Waals surface area (Å²) in [6.45, 7) is 10.6. The highest BCUT2D eigenvalue weighted by atomic mass is 16.5. The molecule has 0 spiro atoms. The van der Waals surface area contributed by atoms with Crippen molar-refractivity contribution in [2.45, 2.75) is 58.7 Å². The van der Waals surface area contributed by atoms with Gasteiger partial charge in [0.15, 0.2) is 6.10 Å². The summed E-state index contributed by atoms with van der Waals surface area (Å²) in [5.41, 5.74) is 3.90. The molecule has 1 aliphatic rings. The Bertz CT molecular complexity index is 806. The van der Waals surface area contributed by atoms with Crippen molar-refractivity contribution in [2.24, 2.45) is 0 Å². The first-order valence-corrected chi connectivity index (χ1v) is 10.3. The molecule has 1 N–H and O–H groups in total. The Balaban J connectivity index is 1.53. The number of hydrogen-bond acceptors (Lipinski definition) is 5. The highest BCUT2D eigenvalue weighted by molar-refractivity contribution is 5.29. The molecule has 1 heterocycles. The van der Waals surface area contributed by atoms with Crippen molar-refractivity contribution >= 4 is 0 Å². The molecule has 3 rings (SSSR count). The number of morpholine rings is 1. The summed E-state index contributed by atoms with van der Waals surface area (Å²) in [5, 5.41) is 12.4. The standard InChI is InChI=1S/C24H31N3O2/c1-18(12-25)29-24-10-8-21(9-11-24)13-26-14-22-6-4-5-7-23(22)17-27-15-19(2)28-20(3)16-27/h4-11,18-20,26H,13-17H2,1-3H3. The molecular weight excluding hydrogens is 362 g/mol. The predicted octanol–water partition coefficient (Wildman–Crippen LogP) is 3.88. The van der Waals surface area contributed by atoms with Gasteiger partial charge in [-0.25, -0.2) is 0 Å². The third-order valence-electron chi connectivity index (χ3n) is 5.07. The predicted molar refractivity (Wildman–Crippen MR) is 114 cm³/mol. The lowest BCUT2D eigenvalue weighted by Crippen LogP contribution is -2.45. The second-order valence-electron chi connectivity index (χ2n) is 7.86. The van der Waals surface area contributed by atoms with Gasteiger partial charge >= 0.3 is 0 Å². The topological polar surface area (TPSA) is 57.5 Å². The summed E-state index contributed by atoms with van der Waals surface area (Å²) in [6, 6.07) is 18.6. The van der Waals surface area contributed by atoms with E-state index in [9.17, 15) is 0 Å². The molecule has 1 aliphatic heterocycles. The molecule has 2 aromatic rings. The third-order valence-corrected chi connectivity index (χ3v) is 5.07. The van der Waals surface area contributed by atoms with Crippen molar-refractivity contribution in [1.82, 2.24) is 10.2 Å². The van der Waals surface area contributed by atoms with Crippen molar-refractivity contribution in [3.63, 3.8) is 0 Å². The molecule has 0 bridgehead atoms. The van der Waals surface area contributed by atoms with Crippen molar-refractivity contribution in [3.05, 3.63) is 65.2 Å². The number of nitriles is 1. The van der Waals surface area contributed by atoms with Gasteiger partial charge in [0.1, 0.15) is 11.8 Å². The van der Waals surface area contributed by atoms with Crippen LogP contribution in [0.3, 0.4) is 0 Å². The zero-order valence-electron chi connectivity index (χ0n) is 17.6. The Labute approximate surface area is 174 Å². The molecule has 0 amide bonds. The van der Waals surface area contributed by atoms with Gasteiger partial charge in [-0.1, -0.05) is 36.4 Å². The monoisotopic (exact) mass is 393 g/mol. The van der Waals surface area contributed by atoms with Crippen LogP contribution in [0.1, 0.15) is 37.5 Å².